The van der Waals surface area contributed by atoms with Crippen molar-refractivity contribution in [2.24, 2.45) is 0 Å². The van der Waals surface area contributed by atoms with Crippen LogP contribution in [0.1, 0.15) is 25.7 Å². The number of unbranched alkanes of at least 4 members (excludes halogenated alkanes) is 3. The number of anilines is 1. The molecule has 2 aromatic rings. The van der Waals surface area contributed by atoms with Crippen LogP contribution in [0.3, 0.4) is 0 Å². The topological polar surface area (TPSA) is 38.1 Å². The SMILES string of the molecule is ClCCCCCCNc1nccc2occc12. The number of fused-ring (bicyclic) bond motifs is 1. The number of nitrogens with one attached hydrogen (secondary N) is 1. The van der Waals surface area contributed by atoms with Gasteiger partial charge >= 0.3 is 0 Å². The Balaban J connectivity index is 1.80. The molecule has 92 valence electrons. The Morgan fingerprint density at radius 2 is 2.06 bits per heavy atom. The molecule has 2 rings (SSSR count). The van der Waals surface area contributed by atoms with E-state index in [1.54, 1.807) is 12.5 Å². The zero-order valence-electron chi connectivity index (χ0n) is 9.79. The molecule has 3 nitrogen and oxygen atoms in total. The summed E-state index contributed by atoms with van der Waals surface area (Å²) in [6.45, 7) is 0.944. The summed E-state index contributed by atoms with van der Waals surface area (Å²) in [5.41, 5.74) is 0.879. The number of rotatable bonds is 7. The summed E-state index contributed by atoms with van der Waals surface area (Å²) in [6, 6.07) is 3.82. The zero-order valence-corrected chi connectivity index (χ0v) is 10.5. The van der Waals surface area contributed by atoms with Gasteiger partial charge in [-0.2, -0.15) is 0 Å². The van der Waals surface area contributed by atoms with Crippen molar-refractivity contribution < 1.29 is 4.42 Å². The van der Waals surface area contributed by atoms with Gasteiger partial charge in [-0.15, -0.1) is 11.6 Å². The van der Waals surface area contributed by atoms with Crippen molar-refractivity contribution in [3.63, 3.8) is 0 Å². The Kier molecular flexibility index (Phi) is 4.68. The maximum absolute atomic E-state index is 5.63. The Morgan fingerprint density at radius 3 is 2.94 bits per heavy atom. The lowest BCUT2D eigenvalue weighted by molar-refractivity contribution is 0.615. The number of hydrogen-bond donors (Lipinski definition) is 1. The Labute approximate surface area is 106 Å². The van der Waals surface area contributed by atoms with Gasteiger partial charge in [-0.05, 0) is 25.0 Å². The number of nitrogens with zero attached hydrogens (tertiary/aromatic N) is 1. The molecule has 17 heavy (non-hydrogen) atoms. The van der Waals surface area contributed by atoms with E-state index in [0.717, 1.165) is 42.1 Å². The lowest BCUT2D eigenvalue weighted by Gasteiger charge is -2.05. The average molecular weight is 253 g/mol. The van der Waals surface area contributed by atoms with Gasteiger partial charge in [-0.25, -0.2) is 4.98 Å². The van der Waals surface area contributed by atoms with Gasteiger partial charge in [0, 0.05) is 18.6 Å². The fourth-order valence-corrected chi connectivity index (χ4v) is 2.00. The largest absolute Gasteiger partial charge is 0.464 e. The van der Waals surface area contributed by atoms with Crippen LogP contribution in [0.15, 0.2) is 29.0 Å². The third-order valence-corrected chi connectivity index (χ3v) is 3.00. The molecular weight excluding hydrogens is 236 g/mol. The highest BCUT2D eigenvalue weighted by Gasteiger charge is 2.03. The fourth-order valence-electron chi connectivity index (χ4n) is 1.82. The lowest BCUT2D eigenvalue weighted by Crippen LogP contribution is -2.03. The van der Waals surface area contributed by atoms with Crippen molar-refractivity contribution in [2.75, 3.05) is 17.7 Å². The maximum Gasteiger partial charge on any atom is 0.139 e. The van der Waals surface area contributed by atoms with E-state index in [9.17, 15) is 0 Å². The molecule has 0 amide bonds. The summed E-state index contributed by atoms with van der Waals surface area (Å²) in [7, 11) is 0. The van der Waals surface area contributed by atoms with Crippen LogP contribution < -0.4 is 5.32 Å². The monoisotopic (exact) mass is 252 g/mol. The van der Waals surface area contributed by atoms with E-state index in [2.05, 4.69) is 10.3 Å². The number of furan rings is 1. The van der Waals surface area contributed by atoms with E-state index < -0.39 is 0 Å². The predicted octanol–water partition coefficient (Wildman–Crippen LogP) is 4.04. The van der Waals surface area contributed by atoms with Gasteiger partial charge in [-0.3, -0.25) is 0 Å². The minimum absolute atomic E-state index is 0.767. The number of pyridine rings is 1. The first-order valence-electron chi connectivity index (χ1n) is 6.04. The van der Waals surface area contributed by atoms with E-state index in [-0.39, 0.29) is 0 Å². The minimum atomic E-state index is 0.767. The van der Waals surface area contributed by atoms with Gasteiger partial charge in [0.2, 0.25) is 0 Å². The Hall–Kier alpha value is -1.22. The first-order chi connectivity index (χ1) is 8.42. The van der Waals surface area contributed by atoms with Gasteiger partial charge in [0.15, 0.2) is 0 Å². The van der Waals surface area contributed by atoms with Gasteiger partial charge < -0.3 is 9.73 Å². The number of hydrogen-bond acceptors (Lipinski definition) is 3. The van der Waals surface area contributed by atoms with Crippen LogP contribution in [0.25, 0.3) is 11.0 Å². The molecule has 2 aromatic heterocycles. The molecule has 0 aromatic carbocycles. The molecular formula is C13H17ClN2O. The second kappa shape index (κ2) is 6.50. The summed E-state index contributed by atoms with van der Waals surface area (Å²) in [5.74, 6) is 1.68. The third-order valence-electron chi connectivity index (χ3n) is 2.73. The average Bonchev–Trinajstić information content (AvgIpc) is 2.82. The molecule has 2 heterocycles. The number of halogens is 1. The normalized spacial score (nSPS) is 10.9. The van der Waals surface area contributed by atoms with Gasteiger partial charge in [0.05, 0.1) is 11.6 Å². The molecule has 1 N–H and O–H groups in total. The molecule has 0 aliphatic heterocycles. The Morgan fingerprint density at radius 1 is 1.18 bits per heavy atom. The van der Waals surface area contributed by atoms with Crippen molar-refractivity contribution in [1.29, 1.82) is 0 Å². The molecule has 0 aliphatic rings. The first kappa shape index (κ1) is 12.2. The van der Waals surface area contributed by atoms with Crippen molar-refractivity contribution >= 4 is 28.4 Å². The number of alkyl halides is 1. The summed E-state index contributed by atoms with van der Waals surface area (Å²) < 4.78 is 5.32. The molecule has 0 aliphatic carbocycles. The third kappa shape index (κ3) is 3.37. The van der Waals surface area contributed by atoms with Crippen molar-refractivity contribution in [1.82, 2.24) is 4.98 Å². The molecule has 0 bridgehead atoms. The highest BCUT2D eigenvalue weighted by molar-refractivity contribution is 6.17. The van der Waals surface area contributed by atoms with E-state index in [0.29, 0.717) is 0 Å². The standard InChI is InChI=1S/C13H17ClN2O/c14-7-3-1-2-4-8-15-13-11-6-10-17-12(11)5-9-16-13/h5-6,9-10H,1-4,7-8H2,(H,15,16). The lowest BCUT2D eigenvalue weighted by atomic mass is 10.2. The molecule has 0 atom stereocenters. The summed E-state index contributed by atoms with van der Waals surface area (Å²) in [6.07, 6.45) is 8.12. The summed E-state index contributed by atoms with van der Waals surface area (Å²) >= 11 is 5.63. The van der Waals surface area contributed by atoms with E-state index in [1.165, 1.54) is 12.8 Å². The smallest absolute Gasteiger partial charge is 0.139 e. The van der Waals surface area contributed by atoms with Crippen LogP contribution in [0.5, 0.6) is 0 Å². The van der Waals surface area contributed by atoms with E-state index >= 15 is 0 Å². The summed E-state index contributed by atoms with van der Waals surface area (Å²) in [4.78, 5) is 4.32. The minimum Gasteiger partial charge on any atom is -0.464 e. The van der Waals surface area contributed by atoms with Crippen molar-refractivity contribution in [3.05, 3.63) is 24.6 Å². The van der Waals surface area contributed by atoms with Crippen LogP contribution in [0.4, 0.5) is 5.82 Å². The second-order valence-corrected chi connectivity index (χ2v) is 4.40. The molecule has 0 radical (unpaired) electrons. The second-order valence-electron chi connectivity index (χ2n) is 4.02. The number of aromatic nitrogens is 1. The summed E-state index contributed by atoms with van der Waals surface area (Å²) in [5, 5.41) is 4.40. The first-order valence-corrected chi connectivity index (χ1v) is 6.57. The van der Waals surface area contributed by atoms with Crippen molar-refractivity contribution in [3.8, 4) is 0 Å². The molecule has 0 saturated heterocycles. The Bertz CT molecular complexity index is 455. The molecule has 0 fully saturated rings. The predicted molar refractivity (Wildman–Crippen MR) is 71.7 cm³/mol. The van der Waals surface area contributed by atoms with Gasteiger partial charge in [0.25, 0.3) is 0 Å². The van der Waals surface area contributed by atoms with Crippen LogP contribution in [-0.4, -0.2) is 17.4 Å². The van der Waals surface area contributed by atoms with Crippen LogP contribution in [-0.2, 0) is 0 Å². The van der Waals surface area contributed by atoms with E-state index in [4.69, 9.17) is 16.0 Å². The molecule has 4 heteroatoms. The maximum atomic E-state index is 5.63. The molecule has 0 spiro atoms. The molecule has 0 saturated carbocycles. The van der Waals surface area contributed by atoms with Gasteiger partial charge in [-0.1, -0.05) is 12.8 Å². The van der Waals surface area contributed by atoms with Crippen LogP contribution in [0, 0.1) is 0 Å². The van der Waals surface area contributed by atoms with Crippen LogP contribution in [0.2, 0.25) is 0 Å². The highest BCUT2D eigenvalue weighted by Crippen LogP contribution is 2.21. The van der Waals surface area contributed by atoms with Gasteiger partial charge in [0.1, 0.15) is 11.4 Å². The van der Waals surface area contributed by atoms with Crippen LogP contribution >= 0.6 is 11.6 Å². The highest BCUT2D eigenvalue weighted by atomic mass is 35.5. The fraction of sp³-hybridized carbons (Fsp3) is 0.462. The zero-order chi connectivity index (χ0) is 11.9. The quantitative estimate of drug-likeness (QED) is 0.597. The molecule has 0 unspecified atom stereocenters. The van der Waals surface area contributed by atoms with Crippen molar-refractivity contribution in [2.45, 2.75) is 25.7 Å². The van der Waals surface area contributed by atoms with E-state index in [1.807, 2.05) is 12.1 Å².